The van der Waals surface area contributed by atoms with Crippen LogP contribution in [0.15, 0.2) is 96.0 Å². The summed E-state index contributed by atoms with van der Waals surface area (Å²) in [5.41, 5.74) is 16.7. The molecule has 8 nitrogen and oxygen atoms in total. The van der Waals surface area contributed by atoms with E-state index in [1.807, 2.05) is 53.1 Å². The molecule has 0 bridgehead atoms. The van der Waals surface area contributed by atoms with Crippen molar-refractivity contribution >= 4 is 38.5 Å². The van der Waals surface area contributed by atoms with Gasteiger partial charge in [0.1, 0.15) is 10.7 Å². The van der Waals surface area contributed by atoms with E-state index in [9.17, 15) is 8.42 Å². The Kier molecular flexibility index (Phi) is 5.62. The molecule has 5 rings (SSSR count). The van der Waals surface area contributed by atoms with Gasteiger partial charge >= 0.3 is 0 Å². The van der Waals surface area contributed by atoms with Gasteiger partial charge < -0.3 is 16.0 Å². The number of nitrogen functional groups attached to an aromatic ring is 2. The molecule has 2 heterocycles. The Morgan fingerprint density at radius 2 is 1.57 bits per heavy atom. The predicted octanol–water partition coefficient (Wildman–Crippen LogP) is 4.67. The number of anilines is 3. The maximum atomic E-state index is 13.1. The third kappa shape index (κ3) is 4.29. The Bertz CT molecular complexity index is 1620. The van der Waals surface area contributed by atoms with Gasteiger partial charge in [0.2, 0.25) is 5.95 Å². The molecule has 5 N–H and O–H groups in total. The molecule has 0 saturated heterocycles. The number of nitrogens with zero attached hydrogens (tertiary/aromatic N) is 3. The fraction of sp³-hybridized carbons (Fsp3) is 0.0769. The highest BCUT2D eigenvalue weighted by Crippen LogP contribution is 2.32. The highest BCUT2D eigenvalue weighted by Gasteiger charge is 2.21. The van der Waals surface area contributed by atoms with E-state index in [-0.39, 0.29) is 16.8 Å². The van der Waals surface area contributed by atoms with Gasteiger partial charge in [0.25, 0.3) is 10.0 Å². The summed E-state index contributed by atoms with van der Waals surface area (Å²) in [5, 5.41) is 0. The summed E-state index contributed by atoms with van der Waals surface area (Å²) in [6, 6.07) is 25.8. The second-order valence-corrected chi connectivity index (χ2v) is 9.86. The normalized spacial score (nSPS) is 12.5. The molecule has 0 saturated carbocycles. The molecule has 3 aromatic carbocycles. The van der Waals surface area contributed by atoms with Crippen LogP contribution in [0.2, 0.25) is 0 Å². The topological polar surface area (TPSA) is 129 Å². The first-order valence-electron chi connectivity index (χ1n) is 11.0. The highest BCUT2D eigenvalue weighted by molar-refractivity contribution is 7.92. The summed E-state index contributed by atoms with van der Waals surface area (Å²) in [4.78, 5) is 8.58. The van der Waals surface area contributed by atoms with Crippen molar-refractivity contribution in [3.05, 3.63) is 96.7 Å². The van der Waals surface area contributed by atoms with Gasteiger partial charge in [-0.25, -0.2) is 18.4 Å². The number of fused-ring (bicyclic) bond motifs is 1. The first-order chi connectivity index (χ1) is 16.8. The molecule has 2 aromatic heterocycles. The van der Waals surface area contributed by atoms with Gasteiger partial charge in [-0.15, -0.1) is 0 Å². The van der Waals surface area contributed by atoms with Crippen LogP contribution in [0, 0.1) is 0 Å². The number of hydrogen-bond acceptors (Lipinski definition) is 6. The Hall–Kier alpha value is -4.37. The Morgan fingerprint density at radius 3 is 2.29 bits per heavy atom. The predicted molar refractivity (Wildman–Crippen MR) is 139 cm³/mol. The first-order valence-corrected chi connectivity index (χ1v) is 12.5. The first kappa shape index (κ1) is 22.4. The lowest BCUT2D eigenvalue weighted by molar-refractivity contribution is 0.601. The standard InChI is InChI=1S/C26H24N6O2S/c1-17(18-8-4-2-5-9-18)32-23-14-19(12-13-22(23)30-26(32)28)20-15-24(25(27)29-16-20)35(33,34)31-21-10-6-3-7-11-21/h2-17,31H,1H3,(H2,27,29)(H2,28,30)/t17-/m0/s1. The maximum absolute atomic E-state index is 13.1. The van der Waals surface area contributed by atoms with E-state index in [1.54, 1.807) is 36.5 Å². The van der Waals surface area contributed by atoms with Crippen molar-refractivity contribution in [2.24, 2.45) is 0 Å². The number of aromatic nitrogens is 3. The lowest BCUT2D eigenvalue weighted by atomic mass is 10.1. The average Bonchev–Trinajstić information content (AvgIpc) is 3.19. The third-order valence-corrected chi connectivity index (χ3v) is 7.33. The smallest absolute Gasteiger partial charge is 0.265 e. The van der Waals surface area contributed by atoms with E-state index in [2.05, 4.69) is 21.6 Å². The minimum Gasteiger partial charge on any atom is -0.383 e. The fourth-order valence-corrected chi connectivity index (χ4v) is 5.29. The van der Waals surface area contributed by atoms with Crippen LogP contribution in [0.5, 0.6) is 0 Å². The molecule has 0 unspecified atom stereocenters. The lowest BCUT2D eigenvalue weighted by Gasteiger charge is -2.17. The SMILES string of the molecule is C[C@@H](c1ccccc1)n1c(N)nc2ccc(-c3cnc(N)c(S(=O)(=O)Nc4ccccc4)c3)cc21. The van der Waals surface area contributed by atoms with Crippen LogP contribution in [-0.2, 0) is 10.0 Å². The Balaban J connectivity index is 1.57. The summed E-state index contributed by atoms with van der Waals surface area (Å²) in [5.74, 6) is 0.324. The van der Waals surface area contributed by atoms with Crippen LogP contribution in [0.25, 0.3) is 22.2 Å². The molecule has 0 radical (unpaired) electrons. The maximum Gasteiger partial charge on any atom is 0.265 e. The molecule has 1 atom stereocenters. The van der Waals surface area contributed by atoms with Gasteiger partial charge in [-0.3, -0.25) is 4.72 Å². The van der Waals surface area contributed by atoms with Gasteiger partial charge in [-0.05, 0) is 48.4 Å². The monoisotopic (exact) mass is 484 g/mol. The van der Waals surface area contributed by atoms with E-state index < -0.39 is 10.0 Å². The van der Waals surface area contributed by atoms with Crippen LogP contribution >= 0.6 is 0 Å². The van der Waals surface area contributed by atoms with Crippen molar-refractivity contribution in [1.29, 1.82) is 0 Å². The number of imidazole rings is 1. The fourth-order valence-electron chi connectivity index (χ4n) is 4.12. The van der Waals surface area contributed by atoms with E-state index in [0.29, 0.717) is 17.2 Å². The molecule has 9 heteroatoms. The zero-order valence-corrected chi connectivity index (χ0v) is 19.8. The summed E-state index contributed by atoms with van der Waals surface area (Å²) in [6.07, 6.45) is 1.56. The summed E-state index contributed by atoms with van der Waals surface area (Å²) < 4.78 is 30.6. The van der Waals surface area contributed by atoms with Crippen molar-refractivity contribution in [1.82, 2.24) is 14.5 Å². The summed E-state index contributed by atoms with van der Waals surface area (Å²) in [7, 11) is -3.95. The van der Waals surface area contributed by atoms with Crippen molar-refractivity contribution < 1.29 is 8.42 Å². The van der Waals surface area contributed by atoms with Gasteiger partial charge in [0, 0.05) is 17.4 Å². The number of rotatable bonds is 6. The minimum atomic E-state index is -3.95. The molecular weight excluding hydrogens is 460 g/mol. The number of para-hydroxylation sites is 1. The zero-order chi connectivity index (χ0) is 24.6. The third-order valence-electron chi connectivity index (χ3n) is 5.92. The number of benzene rings is 3. The van der Waals surface area contributed by atoms with E-state index in [4.69, 9.17) is 11.5 Å². The van der Waals surface area contributed by atoms with Gasteiger partial charge in [-0.1, -0.05) is 54.6 Å². The molecule has 176 valence electrons. The zero-order valence-electron chi connectivity index (χ0n) is 19.0. The Morgan fingerprint density at radius 1 is 0.886 bits per heavy atom. The van der Waals surface area contributed by atoms with Crippen LogP contribution in [0.4, 0.5) is 17.5 Å². The van der Waals surface area contributed by atoms with Crippen molar-refractivity contribution in [2.45, 2.75) is 17.9 Å². The molecule has 5 aromatic rings. The van der Waals surface area contributed by atoms with Crippen molar-refractivity contribution in [2.75, 3.05) is 16.2 Å². The van der Waals surface area contributed by atoms with Gasteiger partial charge in [-0.2, -0.15) is 0 Å². The largest absolute Gasteiger partial charge is 0.383 e. The average molecular weight is 485 g/mol. The van der Waals surface area contributed by atoms with E-state index >= 15 is 0 Å². The minimum absolute atomic E-state index is 0.0491. The van der Waals surface area contributed by atoms with Gasteiger partial charge in [0.05, 0.1) is 17.1 Å². The number of hydrogen-bond donors (Lipinski definition) is 3. The molecule has 0 spiro atoms. The van der Waals surface area contributed by atoms with Crippen molar-refractivity contribution in [3.63, 3.8) is 0 Å². The number of sulfonamides is 1. The number of nitrogens with two attached hydrogens (primary N) is 2. The molecule has 0 aliphatic rings. The molecule has 35 heavy (non-hydrogen) atoms. The second-order valence-electron chi connectivity index (χ2n) is 8.21. The highest BCUT2D eigenvalue weighted by atomic mass is 32.2. The lowest BCUT2D eigenvalue weighted by Crippen LogP contribution is -2.15. The molecule has 0 aliphatic carbocycles. The second kappa shape index (κ2) is 8.77. The number of pyridine rings is 1. The molecule has 0 fully saturated rings. The van der Waals surface area contributed by atoms with E-state index in [1.165, 1.54) is 6.07 Å². The van der Waals surface area contributed by atoms with Crippen LogP contribution in [-0.4, -0.2) is 23.0 Å². The summed E-state index contributed by atoms with van der Waals surface area (Å²) >= 11 is 0. The van der Waals surface area contributed by atoms with Crippen LogP contribution in [0.3, 0.4) is 0 Å². The van der Waals surface area contributed by atoms with Crippen LogP contribution < -0.4 is 16.2 Å². The summed E-state index contributed by atoms with van der Waals surface area (Å²) in [6.45, 7) is 2.06. The van der Waals surface area contributed by atoms with Crippen molar-refractivity contribution in [3.8, 4) is 11.1 Å². The Labute approximate surface area is 203 Å². The molecule has 0 aliphatic heterocycles. The van der Waals surface area contributed by atoms with Gasteiger partial charge in [0.15, 0.2) is 0 Å². The quantitative estimate of drug-likeness (QED) is 0.321. The number of nitrogens with one attached hydrogen (secondary N) is 1. The van der Waals surface area contributed by atoms with E-state index in [0.717, 1.165) is 22.2 Å². The molecular formula is C26H24N6O2S. The molecule has 0 amide bonds. The van der Waals surface area contributed by atoms with Crippen LogP contribution in [0.1, 0.15) is 18.5 Å².